The van der Waals surface area contributed by atoms with Crippen LogP contribution in [0.5, 0.6) is 0 Å². The number of hydrogen-bond donors (Lipinski definition) is 1. The third kappa shape index (κ3) is 3.91. The van der Waals surface area contributed by atoms with Crippen LogP contribution in [-0.2, 0) is 15.8 Å². The van der Waals surface area contributed by atoms with Gasteiger partial charge < -0.3 is 5.73 Å². The van der Waals surface area contributed by atoms with Gasteiger partial charge in [-0.3, -0.25) is 0 Å². The second-order valence-electron chi connectivity index (χ2n) is 5.14. The lowest BCUT2D eigenvalue weighted by Crippen LogP contribution is -2.35. The first-order chi connectivity index (χ1) is 8.92. The maximum absolute atomic E-state index is 12.8. The number of sulfonamides is 1. The largest absolute Gasteiger partial charge is 0.330 e. The van der Waals surface area contributed by atoms with Gasteiger partial charge in [-0.05, 0) is 43.5 Å². The topological polar surface area (TPSA) is 63.4 Å². The van der Waals surface area contributed by atoms with Crippen molar-refractivity contribution in [1.29, 1.82) is 0 Å². The molecule has 0 amide bonds. The predicted molar refractivity (Wildman–Crippen MR) is 79.6 cm³/mol. The summed E-state index contributed by atoms with van der Waals surface area (Å²) in [5, 5.41) is 0. The van der Waals surface area contributed by atoms with E-state index in [1.807, 2.05) is 6.92 Å². The molecule has 0 spiro atoms. The highest BCUT2D eigenvalue weighted by molar-refractivity contribution is 7.88. The van der Waals surface area contributed by atoms with Crippen molar-refractivity contribution in [2.24, 2.45) is 11.7 Å². The molecule has 1 saturated heterocycles. The molecule has 1 aliphatic rings. The minimum absolute atomic E-state index is 0. The SMILES string of the molecule is CC1CC(CN)CN1S(=O)(=O)Cc1ccc(F)cc1.Cl. The van der Waals surface area contributed by atoms with Crippen molar-refractivity contribution in [1.82, 2.24) is 4.31 Å². The number of nitrogens with zero attached hydrogens (tertiary/aromatic N) is 1. The highest BCUT2D eigenvalue weighted by Gasteiger charge is 2.36. The monoisotopic (exact) mass is 322 g/mol. The normalized spacial score (nSPS) is 23.6. The second kappa shape index (κ2) is 6.85. The Morgan fingerprint density at radius 3 is 2.45 bits per heavy atom. The summed E-state index contributed by atoms with van der Waals surface area (Å²) in [6.07, 6.45) is 0.805. The zero-order valence-corrected chi connectivity index (χ0v) is 13.0. The lowest BCUT2D eigenvalue weighted by atomic mass is 10.1. The maximum atomic E-state index is 12.8. The summed E-state index contributed by atoms with van der Waals surface area (Å²) in [6, 6.07) is 5.56. The summed E-state index contributed by atoms with van der Waals surface area (Å²) in [7, 11) is -3.36. The standard InChI is InChI=1S/C13H19FN2O2S.ClH/c1-10-6-12(7-15)8-16(10)19(17,18)9-11-2-4-13(14)5-3-11;/h2-5,10,12H,6-9,15H2,1H3;1H. The fourth-order valence-electron chi connectivity index (χ4n) is 2.54. The molecule has 1 aromatic rings. The molecule has 2 unspecified atom stereocenters. The van der Waals surface area contributed by atoms with E-state index in [-0.39, 0.29) is 35.9 Å². The van der Waals surface area contributed by atoms with Gasteiger partial charge in [-0.2, -0.15) is 4.31 Å². The van der Waals surface area contributed by atoms with E-state index in [1.165, 1.54) is 28.6 Å². The van der Waals surface area contributed by atoms with E-state index < -0.39 is 10.0 Å². The van der Waals surface area contributed by atoms with Gasteiger partial charge in [0.1, 0.15) is 5.82 Å². The highest BCUT2D eigenvalue weighted by atomic mass is 35.5. The summed E-state index contributed by atoms with van der Waals surface area (Å²) < 4.78 is 39.0. The van der Waals surface area contributed by atoms with Gasteiger partial charge >= 0.3 is 0 Å². The van der Waals surface area contributed by atoms with Gasteiger partial charge in [0.25, 0.3) is 0 Å². The molecule has 0 saturated carbocycles. The van der Waals surface area contributed by atoms with Crippen molar-refractivity contribution in [3.8, 4) is 0 Å². The quantitative estimate of drug-likeness (QED) is 0.918. The van der Waals surface area contributed by atoms with Gasteiger partial charge in [0, 0.05) is 12.6 Å². The summed E-state index contributed by atoms with van der Waals surface area (Å²) in [5.41, 5.74) is 6.21. The first kappa shape index (κ1) is 17.4. The summed E-state index contributed by atoms with van der Waals surface area (Å²) in [4.78, 5) is 0. The fraction of sp³-hybridized carbons (Fsp3) is 0.538. The van der Waals surface area contributed by atoms with Gasteiger partial charge in [0.15, 0.2) is 0 Å². The third-order valence-electron chi connectivity index (χ3n) is 3.56. The molecule has 1 heterocycles. The fourth-order valence-corrected chi connectivity index (χ4v) is 4.39. The van der Waals surface area contributed by atoms with Crippen LogP contribution in [0.15, 0.2) is 24.3 Å². The van der Waals surface area contributed by atoms with E-state index in [1.54, 1.807) is 0 Å². The first-order valence-corrected chi connectivity index (χ1v) is 7.97. The van der Waals surface area contributed by atoms with E-state index in [2.05, 4.69) is 0 Å². The highest BCUT2D eigenvalue weighted by Crippen LogP contribution is 2.26. The van der Waals surface area contributed by atoms with Gasteiger partial charge in [0.2, 0.25) is 10.0 Å². The summed E-state index contributed by atoms with van der Waals surface area (Å²) in [6.45, 7) is 2.89. The molecule has 7 heteroatoms. The predicted octanol–water partition coefficient (Wildman–Crippen LogP) is 1.75. The minimum atomic E-state index is -3.36. The molecule has 1 aromatic carbocycles. The van der Waals surface area contributed by atoms with Gasteiger partial charge in [-0.15, -0.1) is 12.4 Å². The zero-order valence-electron chi connectivity index (χ0n) is 11.3. The molecule has 20 heavy (non-hydrogen) atoms. The Bertz CT molecular complexity index is 536. The molecule has 2 N–H and O–H groups in total. The molecule has 114 valence electrons. The van der Waals surface area contributed by atoms with E-state index >= 15 is 0 Å². The number of rotatable bonds is 4. The number of benzene rings is 1. The Morgan fingerprint density at radius 2 is 1.95 bits per heavy atom. The van der Waals surface area contributed by atoms with Crippen molar-refractivity contribution in [3.63, 3.8) is 0 Å². The first-order valence-electron chi connectivity index (χ1n) is 6.36. The molecule has 2 rings (SSSR count). The molecule has 0 aromatic heterocycles. The van der Waals surface area contributed by atoms with Crippen LogP contribution in [-0.4, -0.2) is 31.9 Å². The summed E-state index contributed by atoms with van der Waals surface area (Å²) >= 11 is 0. The van der Waals surface area contributed by atoms with Crippen molar-refractivity contribution < 1.29 is 12.8 Å². The van der Waals surface area contributed by atoms with Crippen LogP contribution >= 0.6 is 12.4 Å². The smallest absolute Gasteiger partial charge is 0.218 e. The Balaban J connectivity index is 0.00000200. The van der Waals surface area contributed by atoms with Crippen LogP contribution in [0.4, 0.5) is 4.39 Å². The van der Waals surface area contributed by atoms with Crippen LogP contribution in [0.25, 0.3) is 0 Å². The van der Waals surface area contributed by atoms with Crippen LogP contribution in [0.3, 0.4) is 0 Å². The number of nitrogens with two attached hydrogens (primary N) is 1. The zero-order chi connectivity index (χ0) is 14.0. The molecule has 1 fully saturated rings. The Labute approximate surface area is 125 Å². The average molecular weight is 323 g/mol. The van der Waals surface area contributed by atoms with Crippen LogP contribution in [0, 0.1) is 11.7 Å². The van der Waals surface area contributed by atoms with Gasteiger partial charge in [-0.25, -0.2) is 12.8 Å². The van der Waals surface area contributed by atoms with Crippen molar-refractivity contribution in [2.75, 3.05) is 13.1 Å². The number of halogens is 2. The second-order valence-corrected chi connectivity index (χ2v) is 7.06. The molecular weight excluding hydrogens is 303 g/mol. The minimum Gasteiger partial charge on any atom is -0.330 e. The third-order valence-corrected chi connectivity index (χ3v) is 5.48. The molecule has 1 aliphatic heterocycles. The summed E-state index contributed by atoms with van der Waals surface area (Å²) in [5.74, 6) is -0.216. The lowest BCUT2D eigenvalue weighted by Gasteiger charge is -2.21. The number of hydrogen-bond acceptors (Lipinski definition) is 3. The molecule has 0 bridgehead atoms. The van der Waals surface area contributed by atoms with Crippen molar-refractivity contribution >= 4 is 22.4 Å². The Kier molecular flexibility index (Phi) is 5.94. The van der Waals surface area contributed by atoms with Crippen LogP contribution < -0.4 is 5.73 Å². The molecule has 0 aliphatic carbocycles. The molecule has 0 radical (unpaired) electrons. The van der Waals surface area contributed by atoms with E-state index in [4.69, 9.17) is 5.73 Å². The van der Waals surface area contributed by atoms with E-state index in [0.717, 1.165) is 6.42 Å². The van der Waals surface area contributed by atoms with Gasteiger partial charge in [-0.1, -0.05) is 12.1 Å². The van der Waals surface area contributed by atoms with Crippen molar-refractivity contribution in [2.45, 2.75) is 25.1 Å². The van der Waals surface area contributed by atoms with Crippen LogP contribution in [0.2, 0.25) is 0 Å². The molecule has 2 atom stereocenters. The van der Waals surface area contributed by atoms with E-state index in [9.17, 15) is 12.8 Å². The average Bonchev–Trinajstić information content (AvgIpc) is 2.74. The van der Waals surface area contributed by atoms with Gasteiger partial charge in [0.05, 0.1) is 5.75 Å². The lowest BCUT2D eigenvalue weighted by molar-refractivity contribution is 0.404. The Morgan fingerprint density at radius 1 is 1.35 bits per heavy atom. The Hall–Kier alpha value is -0.690. The molecular formula is C13H20ClFN2O2S. The van der Waals surface area contributed by atoms with Crippen LogP contribution in [0.1, 0.15) is 18.9 Å². The molecule has 4 nitrogen and oxygen atoms in total. The van der Waals surface area contributed by atoms with E-state index in [0.29, 0.717) is 18.7 Å². The van der Waals surface area contributed by atoms with Crippen molar-refractivity contribution in [3.05, 3.63) is 35.6 Å². The maximum Gasteiger partial charge on any atom is 0.218 e.